The lowest BCUT2D eigenvalue weighted by Gasteiger charge is -2.06. The first-order chi connectivity index (χ1) is 7.19. The molecule has 0 amide bonds. The smallest absolute Gasteiger partial charge is 0.313 e. The van der Waals surface area contributed by atoms with Crippen LogP contribution in [0.3, 0.4) is 0 Å². The zero-order chi connectivity index (χ0) is 11.3. The van der Waals surface area contributed by atoms with Crippen molar-refractivity contribution in [2.24, 2.45) is 5.92 Å². The molecule has 0 heterocycles. The van der Waals surface area contributed by atoms with Crippen LogP contribution in [0.2, 0.25) is 0 Å². The molecule has 0 aromatic rings. The number of ketones is 1. The van der Waals surface area contributed by atoms with Crippen LogP contribution in [-0.2, 0) is 14.3 Å². The van der Waals surface area contributed by atoms with E-state index in [-0.39, 0.29) is 17.9 Å². The van der Waals surface area contributed by atoms with Crippen LogP contribution in [0, 0.1) is 5.92 Å². The van der Waals surface area contributed by atoms with Crippen molar-refractivity contribution in [3.8, 4) is 0 Å². The van der Waals surface area contributed by atoms with E-state index in [1.165, 1.54) is 13.2 Å². The quantitative estimate of drug-likeness (QED) is 0.292. The summed E-state index contributed by atoms with van der Waals surface area (Å²) in [4.78, 5) is 25.4. The zero-order valence-corrected chi connectivity index (χ0v) is 8.21. The maximum atomic E-state index is 11.6. The standard InChI is InChI=1S/C10H10N2O3/c1-15-10(14)6-9(13)7-4-2-3-5-8(7)12-11/h2-5,7H,6H2,1H3. The molecule has 1 rings (SSSR count). The van der Waals surface area contributed by atoms with Crippen molar-refractivity contribution in [2.45, 2.75) is 6.42 Å². The number of rotatable bonds is 3. The monoisotopic (exact) mass is 206 g/mol. The van der Waals surface area contributed by atoms with E-state index in [2.05, 4.69) is 9.53 Å². The van der Waals surface area contributed by atoms with E-state index >= 15 is 0 Å². The summed E-state index contributed by atoms with van der Waals surface area (Å²) in [6, 6.07) is 0. The summed E-state index contributed by atoms with van der Waals surface area (Å²) in [5, 5.41) is 0. The van der Waals surface area contributed by atoms with Crippen LogP contribution in [0.4, 0.5) is 0 Å². The topological polar surface area (TPSA) is 79.8 Å². The fourth-order valence-electron chi connectivity index (χ4n) is 1.22. The minimum atomic E-state index is -0.668. The van der Waals surface area contributed by atoms with Crippen molar-refractivity contribution in [1.82, 2.24) is 0 Å². The van der Waals surface area contributed by atoms with Gasteiger partial charge in [0, 0.05) is 6.08 Å². The molecule has 5 heteroatoms. The summed E-state index contributed by atoms with van der Waals surface area (Å²) < 4.78 is 4.38. The van der Waals surface area contributed by atoms with Crippen LogP contribution in [0.15, 0.2) is 24.3 Å². The Bertz CT molecular complexity index is 389. The Balaban J connectivity index is 2.75. The first-order valence-electron chi connectivity index (χ1n) is 4.35. The molecule has 5 nitrogen and oxygen atoms in total. The number of Topliss-reactive ketones (excluding diaryl/α,β-unsaturated/α-hetero) is 1. The van der Waals surface area contributed by atoms with Crippen molar-refractivity contribution >= 4 is 17.5 Å². The number of methoxy groups -OCH3 is 1. The van der Waals surface area contributed by atoms with Crippen molar-refractivity contribution in [3.05, 3.63) is 29.8 Å². The average Bonchev–Trinajstić information content (AvgIpc) is 2.28. The molecule has 0 N–H and O–H groups in total. The van der Waals surface area contributed by atoms with Gasteiger partial charge in [0.1, 0.15) is 12.3 Å². The van der Waals surface area contributed by atoms with E-state index in [0.29, 0.717) is 0 Å². The number of hydrogen-bond donors (Lipinski definition) is 0. The van der Waals surface area contributed by atoms with Crippen LogP contribution in [-0.4, -0.2) is 29.4 Å². The molecule has 0 bridgehead atoms. The number of nitrogens with zero attached hydrogens (tertiary/aromatic N) is 2. The number of carbonyl (C=O) groups excluding carboxylic acids is 2. The fraction of sp³-hybridized carbons (Fsp3) is 0.300. The minimum absolute atomic E-state index is 0.228. The molecule has 78 valence electrons. The maximum Gasteiger partial charge on any atom is 0.313 e. The number of esters is 1. The van der Waals surface area contributed by atoms with Gasteiger partial charge in [-0.2, -0.15) is 4.79 Å². The first kappa shape index (κ1) is 11.1. The van der Waals surface area contributed by atoms with E-state index in [0.717, 1.165) is 0 Å². The number of allylic oxidation sites excluding steroid dienone is 4. The lowest BCUT2D eigenvalue weighted by molar-refractivity contribution is -0.143. The maximum absolute atomic E-state index is 11.6. The predicted molar refractivity (Wildman–Crippen MR) is 52.0 cm³/mol. The van der Waals surface area contributed by atoms with Crippen LogP contribution < -0.4 is 0 Å². The highest BCUT2D eigenvalue weighted by Gasteiger charge is 2.29. The van der Waals surface area contributed by atoms with E-state index in [4.69, 9.17) is 5.53 Å². The highest BCUT2D eigenvalue weighted by molar-refractivity contribution is 6.13. The van der Waals surface area contributed by atoms with Gasteiger partial charge >= 0.3 is 11.7 Å². The van der Waals surface area contributed by atoms with Gasteiger partial charge in [0.25, 0.3) is 0 Å². The number of ether oxygens (including phenoxy) is 1. The second-order valence-corrected chi connectivity index (χ2v) is 2.97. The van der Waals surface area contributed by atoms with Gasteiger partial charge in [-0.3, -0.25) is 9.59 Å². The van der Waals surface area contributed by atoms with Gasteiger partial charge in [0.15, 0.2) is 5.78 Å². The Hall–Kier alpha value is -2.00. The van der Waals surface area contributed by atoms with Crippen molar-refractivity contribution in [1.29, 1.82) is 0 Å². The van der Waals surface area contributed by atoms with E-state index < -0.39 is 11.9 Å². The molecule has 0 saturated carbocycles. The van der Waals surface area contributed by atoms with Gasteiger partial charge in [-0.15, -0.1) is 0 Å². The molecule has 0 aromatic heterocycles. The molecular weight excluding hydrogens is 196 g/mol. The lowest BCUT2D eigenvalue weighted by Crippen LogP contribution is -2.25. The van der Waals surface area contributed by atoms with Crippen molar-refractivity contribution in [3.63, 3.8) is 0 Å². The Morgan fingerprint density at radius 3 is 2.87 bits per heavy atom. The van der Waals surface area contributed by atoms with E-state index in [9.17, 15) is 9.59 Å². The lowest BCUT2D eigenvalue weighted by atomic mass is 9.92. The number of hydrogen-bond acceptors (Lipinski definition) is 3. The van der Waals surface area contributed by atoms with Gasteiger partial charge < -0.3 is 10.3 Å². The summed E-state index contributed by atoms with van der Waals surface area (Å²) >= 11 is 0. The third-order valence-electron chi connectivity index (χ3n) is 2.01. The molecule has 1 aliphatic carbocycles. The van der Waals surface area contributed by atoms with E-state index in [1.807, 2.05) is 0 Å². The average molecular weight is 206 g/mol. The fourth-order valence-corrected chi connectivity index (χ4v) is 1.22. The highest BCUT2D eigenvalue weighted by Crippen LogP contribution is 2.11. The minimum Gasteiger partial charge on any atom is -0.469 e. The summed E-state index contributed by atoms with van der Waals surface area (Å²) in [6.07, 6.45) is 6.07. The molecule has 1 aliphatic rings. The molecule has 0 spiro atoms. The molecular formula is C10H10N2O3. The summed E-state index contributed by atoms with van der Waals surface area (Å²) in [5.74, 6) is -1.62. The van der Waals surface area contributed by atoms with Gasteiger partial charge in [-0.25, -0.2) is 0 Å². The molecule has 1 unspecified atom stereocenters. The van der Waals surface area contributed by atoms with E-state index in [1.54, 1.807) is 18.2 Å². The van der Waals surface area contributed by atoms with Crippen LogP contribution >= 0.6 is 0 Å². The van der Waals surface area contributed by atoms with Gasteiger partial charge in [0.05, 0.1) is 7.11 Å². The Morgan fingerprint density at radius 2 is 2.27 bits per heavy atom. The second-order valence-electron chi connectivity index (χ2n) is 2.97. The Kier molecular flexibility index (Phi) is 3.71. The van der Waals surface area contributed by atoms with Crippen molar-refractivity contribution in [2.75, 3.05) is 7.11 Å². The summed E-state index contributed by atoms with van der Waals surface area (Å²) in [6.45, 7) is 0. The highest BCUT2D eigenvalue weighted by atomic mass is 16.5. The molecule has 0 fully saturated rings. The second kappa shape index (κ2) is 5.02. The molecule has 15 heavy (non-hydrogen) atoms. The van der Waals surface area contributed by atoms with Gasteiger partial charge in [0.2, 0.25) is 0 Å². The van der Waals surface area contributed by atoms with Crippen LogP contribution in [0.1, 0.15) is 6.42 Å². The molecule has 0 radical (unpaired) electrons. The Labute approximate surface area is 86.7 Å². The predicted octanol–water partition coefficient (Wildman–Crippen LogP) is 0.532. The Morgan fingerprint density at radius 1 is 1.53 bits per heavy atom. The van der Waals surface area contributed by atoms with Crippen LogP contribution in [0.25, 0.3) is 5.53 Å². The summed E-state index contributed by atoms with van der Waals surface area (Å²) in [5.41, 5.74) is 8.86. The third-order valence-corrected chi connectivity index (χ3v) is 2.01. The normalized spacial score (nSPS) is 18.5. The third kappa shape index (κ3) is 2.72. The van der Waals surface area contributed by atoms with Crippen molar-refractivity contribution < 1.29 is 19.1 Å². The van der Waals surface area contributed by atoms with Crippen LogP contribution in [0.5, 0.6) is 0 Å². The van der Waals surface area contributed by atoms with Gasteiger partial charge in [-0.05, 0) is 0 Å². The molecule has 1 atom stereocenters. The number of carbonyl (C=O) groups is 2. The SMILES string of the molecule is COC(=O)CC(=O)C1C=CC=CC1=[N+]=[N-]. The molecule has 0 aromatic carbocycles. The first-order valence-corrected chi connectivity index (χ1v) is 4.35. The van der Waals surface area contributed by atoms with Gasteiger partial charge in [-0.1, -0.05) is 18.2 Å². The largest absolute Gasteiger partial charge is 0.469 e. The molecule has 0 aliphatic heterocycles. The zero-order valence-electron chi connectivity index (χ0n) is 8.21. The summed E-state index contributed by atoms with van der Waals surface area (Å²) in [7, 11) is 1.22. The molecule has 0 saturated heterocycles.